The summed E-state index contributed by atoms with van der Waals surface area (Å²) in [5.41, 5.74) is -0.413. The number of morpholine rings is 1. The second kappa shape index (κ2) is 8.99. The summed E-state index contributed by atoms with van der Waals surface area (Å²) >= 11 is 0. The first-order chi connectivity index (χ1) is 15.3. The minimum Gasteiger partial charge on any atom is -0.451 e. The Hall–Kier alpha value is -2.78. The smallest absolute Gasteiger partial charge is 0.258 e. The molecule has 0 spiro atoms. The second-order valence-electron chi connectivity index (χ2n) is 9.02. The first-order valence-corrected chi connectivity index (χ1v) is 10.9. The number of aliphatic hydroxyl groups excluding tert-OH is 1. The van der Waals surface area contributed by atoms with Gasteiger partial charge in [-0.25, -0.2) is 14.4 Å². The summed E-state index contributed by atoms with van der Waals surface area (Å²) < 4.78 is 25.9. The van der Waals surface area contributed by atoms with Crippen LogP contribution in [0.2, 0.25) is 0 Å². The third-order valence-electron chi connectivity index (χ3n) is 5.94. The van der Waals surface area contributed by atoms with Gasteiger partial charge in [0, 0.05) is 13.1 Å². The number of nitrogens with zero attached hydrogens (tertiary/aromatic N) is 4. The van der Waals surface area contributed by atoms with Crippen LogP contribution < -0.4 is 9.64 Å². The maximum atomic E-state index is 14.2. The van der Waals surface area contributed by atoms with Gasteiger partial charge in [-0.3, -0.25) is 4.79 Å². The minimum atomic E-state index is -0.548. The van der Waals surface area contributed by atoms with Gasteiger partial charge in [0.25, 0.3) is 5.91 Å². The van der Waals surface area contributed by atoms with E-state index in [0.29, 0.717) is 50.7 Å². The number of ether oxygens (including phenoxy) is 2. The molecule has 2 saturated heterocycles. The van der Waals surface area contributed by atoms with E-state index in [1.807, 2.05) is 25.7 Å². The summed E-state index contributed by atoms with van der Waals surface area (Å²) in [6, 6.07) is 3.76. The molecule has 9 heteroatoms. The molecule has 8 nitrogen and oxygen atoms in total. The molecule has 2 aliphatic rings. The van der Waals surface area contributed by atoms with Crippen molar-refractivity contribution in [1.29, 1.82) is 0 Å². The number of anilines is 1. The molecule has 0 unspecified atom stereocenters. The van der Waals surface area contributed by atoms with Crippen molar-refractivity contribution in [2.24, 2.45) is 0 Å². The van der Waals surface area contributed by atoms with Crippen LogP contribution in [-0.4, -0.2) is 69.9 Å². The van der Waals surface area contributed by atoms with Gasteiger partial charge >= 0.3 is 0 Å². The van der Waals surface area contributed by atoms with Crippen molar-refractivity contribution in [3.63, 3.8) is 0 Å². The number of carbonyl (C=O) groups is 1. The van der Waals surface area contributed by atoms with Crippen LogP contribution in [0.15, 0.2) is 30.7 Å². The van der Waals surface area contributed by atoms with Crippen molar-refractivity contribution < 1.29 is 23.8 Å². The zero-order valence-corrected chi connectivity index (χ0v) is 18.6. The lowest BCUT2D eigenvalue weighted by atomic mass is 9.97. The number of rotatable bonds is 4. The predicted octanol–water partition coefficient (Wildman–Crippen LogP) is 3.01. The molecule has 0 radical (unpaired) electrons. The van der Waals surface area contributed by atoms with Crippen LogP contribution in [0.3, 0.4) is 0 Å². The minimum absolute atomic E-state index is 0.135. The van der Waals surface area contributed by atoms with Crippen molar-refractivity contribution in [3.05, 3.63) is 42.1 Å². The maximum absolute atomic E-state index is 14.2. The summed E-state index contributed by atoms with van der Waals surface area (Å²) in [5, 5.41) is 9.81. The largest absolute Gasteiger partial charge is 0.451 e. The zero-order valence-electron chi connectivity index (χ0n) is 18.6. The average Bonchev–Trinajstić information content (AvgIpc) is 2.75. The Bertz CT molecular complexity index is 978. The van der Waals surface area contributed by atoms with E-state index >= 15 is 0 Å². The Morgan fingerprint density at radius 2 is 2.03 bits per heavy atom. The van der Waals surface area contributed by atoms with Crippen molar-refractivity contribution in [3.8, 4) is 11.5 Å². The molecule has 2 aromatic rings. The Morgan fingerprint density at radius 1 is 1.28 bits per heavy atom. The molecule has 2 fully saturated rings. The highest BCUT2D eigenvalue weighted by molar-refractivity contribution is 5.97. The molecule has 0 saturated carbocycles. The van der Waals surface area contributed by atoms with Gasteiger partial charge < -0.3 is 24.4 Å². The molecule has 1 amide bonds. The molecule has 0 bridgehead atoms. The van der Waals surface area contributed by atoms with Gasteiger partial charge in [0.15, 0.2) is 11.6 Å². The zero-order chi connectivity index (χ0) is 22.9. The van der Waals surface area contributed by atoms with Crippen molar-refractivity contribution in [2.45, 2.75) is 51.3 Å². The van der Waals surface area contributed by atoms with Gasteiger partial charge in [-0.1, -0.05) is 0 Å². The fourth-order valence-corrected chi connectivity index (χ4v) is 4.40. The van der Waals surface area contributed by atoms with Gasteiger partial charge in [0.1, 0.15) is 17.9 Å². The Balaban J connectivity index is 1.66. The number of hydrogen-bond donors (Lipinski definition) is 1. The molecule has 1 aromatic carbocycles. The normalized spacial score (nSPS) is 21.5. The highest BCUT2D eigenvalue weighted by Crippen LogP contribution is 2.35. The second-order valence-corrected chi connectivity index (χ2v) is 9.02. The van der Waals surface area contributed by atoms with E-state index in [1.165, 1.54) is 30.7 Å². The Morgan fingerprint density at radius 3 is 2.75 bits per heavy atom. The van der Waals surface area contributed by atoms with E-state index in [-0.39, 0.29) is 29.4 Å². The van der Waals surface area contributed by atoms with Gasteiger partial charge in [-0.05, 0) is 51.8 Å². The van der Waals surface area contributed by atoms with E-state index in [2.05, 4.69) is 9.97 Å². The third kappa shape index (κ3) is 4.54. The van der Waals surface area contributed by atoms with Crippen molar-refractivity contribution >= 4 is 11.7 Å². The molecule has 2 aliphatic heterocycles. The van der Waals surface area contributed by atoms with E-state index in [0.717, 1.165) is 0 Å². The molecule has 172 valence electrons. The number of aromatic nitrogens is 2. The first-order valence-electron chi connectivity index (χ1n) is 10.9. The van der Waals surface area contributed by atoms with Gasteiger partial charge in [0.2, 0.25) is 0 Å². The number of carbonyl (C=O) groups excluding carboxylic acids is 1. The van der Waals surface area contributed by atoms with Crippen LogP contribution >= 0.6 is 0 Å². The van der Waals surface area contributed by atoms with Gasteiger partial charge in [0.05, 0.1) is 42.7 Å². The van der Waals surface area contributed by atoms with Crippen molar-refractivity contribution in [2.75, 3.05) is 31.2 Å². The van der Waals surface area contributed by atoms with Crippen LogP contribution in [0.4, 0.5) is 10.2 Å². The molecule has 4 rings (SSSR count). The molecule has 0 aliphatic carbocycles. The molecule has 1 atom stereocenters. The molecular formula is C23H29FN4O4. The number of piperidine rings is 1. The number of aliphatic hydroxyl groups is 1. The highest BCUT2D eigenvalue weighted by Gasteiger charge is 2.40. The molecule has 32 heavy (non-hydrogen) atoms. The Kier molecular flexibility index (Phi) is 6.30. The molecular weight excluding hydrogens is 415 g/mol. The highest BCUT2D eigenvalue weighted by atomic mass is 19.1. The molecule has 1 aromatic heterocycles. The summed E-state index contributed by atoms with van der Waals surface area (Å²) in [5.74, 6) is 0.348. The monoisotopic (exact) mass is 444 g/mol. The summed E-state index contributed by atoms with van der Waals surface area (Å²) in [7, 11) is 0. The van der Waals surface area contributed by atoms with Crippen molar-refractivity contribution in [1.82, 2.24) is 14.9 Å². The number of benzene rings is 1. The molecule has 3 heterocycles. The molecule has 1 N–H and O–H groups in total. The van der Waals surface area contributed by atoms with E-state index < -0.39 is 11.4 Å². The van der Waals surface area contributed by atoms with Crippen LogP contribution in [0.25, 0.3) is 0 Å². The maximum Gasteiger partial charge on any atom is 0.258 e. The summed E-state index contributed by atoms with van der Waals surface area (Å²) in [4.78, 5) is 25.7. The lowest BCUT2D eigenvalue weighted by Crippen LogP contribution is -2.59. The topological polar surface area (TPSA) is 88.0 Å². The fraction of sp³-hybridized carbons (Fsp3) is 0.522. The van der Waals surface area contributed by atoms with E-state index in [1.54, 1.807) is 4.90 Å². The summed E-state index contributed by atoms with van der Waals surface area (Å²) in [6.45, 7) is 7.83. The van der Waals surface area contributed by atoms with Crippen LogP contribution in [0.1, 0.15) is 44.0 Å². The van der Waals surface area contributed by atoms with Gasteiger partial charge in [-0.2, -0.15) is 0 Å². The Labute approximate surface area is 187 Å². The van der Waals surface area contributed by atoms with Crippen LogP contribution in [0.5, 0.6) is 11.5 Å². The standard InChI is InChI=1S/C23H29FN4O4/c1-15-12-31-13-23(2,3)28(15)22(30)18-10-16(24)4-5-19(18)32-20-11-25-14-26-21(20)27-8-6-17(29)7-9-27/h4-5,10-11,14-15,17,29H,6-9,12-13H2,1-3H3/t15-/m0/s1. The average molecular weight is 445 g/mol. The third-order valence-corrected chi connectivity index (χ3v) is 5.94. The SMILES string of the molecule is C[C@H]1COCC(C)(C)N1C(=O)c1cc(F)ccc1Oc1cncnc1N1CCC(O)CC1. The first kappa shape index (κ1) is 22.4. The lowest BCUT2D eigenvalue weighted by molar-refractivity contribution is -0.0655. The van der Waals surface area contributed by atoms with E-state index in [4.69, 9.17) is 9.47 Å². The number of halogens is 1. The number of hydrogen-bond acceptors (Lipinski definition) is 7. The predicted molar refractivity (Wildman–Crippen MR) is 116 cm³/mol. The fourth-order valence-electron chi connectivity index (χ4n) is 4.40. The number of amides is 1. The lowest BCUT2D eigenvalue weighted by Gasteiger charge is -2.46. The van der Waals surface area contributed by atoms with Crippen LogP contribution in [-0.2, 0) is 4.74 Å². The van der Waals surface area contributed by atoms with E-state index in [9.17, 15) is 14.3 Å². The van der Waals surface area contributed by atoms with Gasteiger partial charge in [-0.15, -0.1) is 0 Å². The quantitative estimate of drug-likeness (QED) is 0.776. The van der Waals surface area contributed by atoms with Crippen LogP contribution in [0, 0.1) is 5.82 Å². The summed E-state index contributed by atoms with van der Waals surface area (Å²) in [6.07, 6.45) is 3.91.